The van der Waals surface area contributed by atoms with E-state index < -0.39 is 9.85 Å². The summed E-state index contributed by atoms with van der Waals surface area (Å²) >= 11 is 0. The fraction of sp³-hybridized carbons (Fsp3) is 0.786. The van der Waals surface area contributed by atoms with Crippen LogP contribution in [0.4, 0.5) is 11.6 Å². The minimum atomic E-state index is -0.612. The number of rotatable bonds is 3. The predicted octanol–water partition coefficient (Wildman–Crippen LogP) is 2.93. The molecule has 0 unspecified atom stereocenters. The summed E-state index contributed by atoms with van der Waals surface area (Å²) in [5.41, 5.74) is -0.304. The van der Waals surface area contributed by atoms with Gasteiger partial charge < -0.3 is 20.2 Å². The first-order valence-electron chi connectivity index (χ1n) is 7.78. The number of nitro groups is 2. The molecule has 22 heavy (non-hydrogen) atoms. The van der Waals surface area contributed by atoms with Crippen molar-refractivity contribution in [3.05, 3.63) is 25.8 Å². The first-order chi connectivity index (χ1) is 10.4. The highest BCUT2D eigenvalue weighted by molar-refractivity contribution is 5.45. The van der Waals surface area contributed by atoms with E-state index in [0.717, 1.165) is 19.3 Å². The van der Waals surface area contributed by atoms with Crippen molar-refractivity contribution in [1.29, 1.82) is 0 Å². The van der Waals surface area contributed by atoms with Crippen LogP contribution in [0, 0.1) is 44.9 Å². The van der Waals surface area contributed by atoms with Gasteiger partial charge in [0, 0.05) is 0 Å². The van der Waals surface area contributed by atoms with Crippen molar-refractivity contribution in [2.24, 2.45) is 17.8 Å². The molecule has 0 N–H and O–H groups in total. The van der Waals surface area contributed by atoms with Crippen LogP contribution in [0.15, 0.2) is 0 Å². The van der Waals surface area contributed by atoms with Gasteiger partial charge in [-0.3, -0.25) is 0 Å². The average molecular weight is 306 g/mol. The van der Waals surface area contributed by atoms with Gasteiger partial charge in [-0.05, 0) is 77.7 Å². The molecule has 0 spiro atoms. The Bertz CT molecular complexity index is 645. The van der Waals surface area contributed by atoms with Crippen molar-refractivity contribution < 1.29 is 9.85 Å². The van der Waals surface area contributed by atoms with E-state index in [4.69, 9.17) is 0 Å². The number of aromatic nitrogens is 2. The second-order valence-electron chi connectivity index (χ2n) is 7.34. The van der Waals surface area contributed by atoms with Crippen molar-refractivity contribution in [1.82, 2.24) is 9.78 Å². The summed E-state index contributed by atoms with van der Waals surface area (Å²) in [4.78, 5) is 21.5. The lowest BCUT2D eigenvalue weighted by Crippen LogP contribution is -2.52. The van der Waals surface area contributed by atoms with Crippen molar-refractivity contribution in [2.45, 2.75) is 51.0 Å². The molecule has 8 nitrogen and oxygen atoms in total. The van der Waals surface area contributed by atoms with Crippen LogP contribution in [0.1, 0.15) is 44.1 Å². The van der Waals surface area contributed by atoms with Gasteiger partial charge in [0.05, 0.1) is 0 Å². The first kappa shape index (κ1) is 13.7. The van der Waals surface area contributed by atoms with Crippen molar-refractivity contribution in [2.75, 3.05) is 0 Å². The van der Waals surface area contributed by atoms with E-state index in [0.29, 0.717) is 17.8 Å². The van der Waals surface area contributed by atoms with E-state index in [9.17, 15) is 20.2 Å². The zero-order chi connectivity index (χ0) is 15.6. The average Bonchev–Trinajstić information content (AvgIpc) is 2.75. The zero-order valence-corrected chi connectivity index (χ0v) is 12.4. The molecule has 0 aromatic carbocycles. The second-order valence-corrected chi connectivity index (χ2v) is 7.34. The van der Waals surface area contributed by atoms with Crippen molar-refractivity contribution in [3.8, 4) is 0 Å². The molecule has 4 aliphatic rings. The van der Waals surface area contributed by atoms with Gasteiger partial charge in [-0.2, -0.15) is 0 Å². The molecule has 0 atom stereocenters. The Morgan fingerprint density at radius 1 is 1.05 bits per heavy atom. The summed E-state index contributed by atoms with van der Waals surface area (Å²) in [7, 11) is 0. The van der Waals surface area contributed by atoms with Crippen molar-refractivity contribution in [3.63, 3.8) is 0 Å². The molecule has 1 heterocycles. The molecule has 1 aromatic rings. The topological polar surface area (TPSA) is 104 Å². The molecular weight excluding hydrogens is 288 g/mol. The third-order valence-corrected chi connectivity index (χ3v) is 5.87. The molecule has 4 saturated carbocycles. The maximum atomic E-state index is 11.5. The zero-order valence-electron chi connectivity index (χ0n) is 12.4. The number of nitrogens with zero attached hydrogens (tertiary/aromatic N) is 4. The quantitative estimate of drug-likeness (QED) is 0.630. The van der Waals surface area contributed by atoms with Crippen LogP contribution in [0.2, 0.25) is 0 Å². The normalized spacial score (nSPS) is 35.8. The molecule has 4 aliphatic carbocycles. The molecule has 1 aromatic heterocycles. The summed E-state index contributed by atoms with van der Waals surface area (Å²) in [6.45, 7) is 1.43. The minimum Gasteiger partial charge on any atom is -0.358 e. The van der Waals surface area contributed by atoms with Gasteiger partial charge in [0.1, 0.15) is 10.7 Å². The SMILES string of the molecule is Cc1c([N+](=O)[O-])nn(C23CC4CC(CC(C4)C2)C3)c1[N+](=O)[O-]. The van der Waals surface area contributed by atoms with Crippen LogP contribution in [0.3, 0.4) is 0 Å². The fourth-order valence-corrected chi connectivity index (χ4v) is 5.52. The minimum absolute atomic E-state index is 0.0748. The molecule has 0 aliphatic heterocycles. The molecular formula is C14H18N4O4. The van der Waals surface area contributed by atoms with Gasteiger partial charge in [-0.15, -0.1) is 0 Å². The Balaban J connectivity index is 1.87. The van der Waals surface area contributed by atoms with Crippen LogP contribution in [0.25, 0.3) is 0 Å². The van der Waals surface area contributed by atoms with Crippen LogP contribution in [-0.2, 0) is 5.54 Å². The van der Waals surface area contributed by atoms with Gasteiger partial charge in [-0.1, -0.05) is 0 Å². The summed E-state index contributed by atoms with van der Waals surface area (Å²) in [5.74, 6) is 1.22. The Hall–Kier alpha value is -1.99. The molecule has 0 saturated heterocycles. The third kappa shape index (κ3) is 1.72. The summed E-state index contributed by atoms with van der Waals surface area (Å²) < 4.78 is 1.42. The number of hydrogen-bond acceptors (Lipinski definition) is 5. The highest BCUT2D eigenvalue weighted by Gasteiger charge is 2.59. The largest absolute Gasteiger partial charge is 0.423 e. The molecule has 4 fully saturated rings. The van der Waals surface area contributed by atoms with Crippen LogP contribution in [0.5, 0.6) is 0 Å². The summed E-state index contributed by atoms with van der Waals surface area (Å²) in [6, 6.07) is 0. The molecule has 0 radical (unpaired) electrons. The van der Waals surface area contributed by atoms with Crippen molar-refractivity contribution >= 4 is 11.6 Å². The maximum absolute atomic E-state index is 11.5. The highest BCUT2D eigenvalue weighted by atomic mass is 16.6. The first-order valence-corrected chi connectivity index (χ1v) is 7.78. The van der Waals surface area contributed by atoms with E-state index in [-0.39, 0.29) is 22.7 Å². The Labute approximate surface area is 126 Å². The van der Waals surface area contributed by atoms with Gasteiger partial charge in [0.15, 0.2) is 5.54 Å². The molecule has 8 heteroatoms. The molecule has 118 valence electrons. The highest BCUT2D eigenvalue weighted by Crippen LogP contribution is 2.59. The van der Waals surface area contributed by atoms with Gasteiger partial charge in [0.25, 0.3) is 0 Å². The Morgan fingerprint density at radius 2 is 1.55 bits per heavy atom. The number of hydrogen-bond donors (Lipinski definition) is 0. The van der Waals surface area contributed by atoms with Crippen LogP contribution < -0.4 is 0 Å². The van der Waals surface area contributed by atoms with E-state index >= 15 is 0 Å². The van der Waals surface area contributed by atoms with Crippen LogP contribution >= 0.6 is 0 Å². The summed E-state index contributed by atoms with van der Waals surface area (Å²) in [6.07, 6.45) is 6.23. The van der Waals surface area contributed by atoms with Gasteiger partial charge in [-0.25, -0.2) is 0 Å². The Morgan fingerprint density at radius 3 is 1.95 bits per heavy atom. The molecule has 4 bridgehead atoms. The lowest BCUT2D eigenvalue weighted by atomic mass is 9.53. The lowest BCUT2D eigenvalue weighted by Gasteiger charge is -2.53. The Kier molecular flexibility index (Phi) is 2.65. The second kappa shape index (κ2) is 4.27. The van der Waals surface area contributed by atoms with Gasteiger partial charge >= 0.3 is 11.6 Å². The summed E-state index contributed by atoms with van der Waals surface area (Å²) in [5, 5.41) is 26.7. The fourth-order valence-electron chi connectivity index (χ4n) is 5.52. The van der Waals surface area contributed by atoms with E-state index in [1.54, 1.807) is 0 Å². The third-order valence-electron chi connectivity index (χ3n) is 5.87. The predicted molar refractivity (Wildman–Crippen MR) is 76.4 cm³/mol. The monoisotopic (exact) mass is 306 g/mol. The maximum Gasteiger partial charge on any atom is 0.423 e. The van der Waals surface area contributed by atoms with E-state index in [2.05, 4.69) is 5.10 Å². The molecule has 5 rings (SSSR count). The lowest BCUT2D eigenvalue weighted by molar-refractivity contribution is -0.397. The smallest absolute Gasteiger partial charge is 0.358 e. The van der Waals surface area contributed by atoms with Crippen LogP contribution in [-0.4, -0.2) is 19.6 Å². The van der Waals surface area contributed by atoms with E-state index in [1.165, 1.54) is 30.9 Å². The molecule has 0 amide bonds. The standard InChI is InChI=1S/C14H18N4O4/c1-8-12(17(19)20)15-16(13(8)18(21)22)14-5-9-2-10(6-14)4-11(3-9)7-14/h9-11H,2-7H2,1H3. The van der Waals surface area contributed by atoms with Gasteiger partial charge in [0.2, 0.25) is 0 Å². The van der Waals surface area contributed by atoms with E-state index in [1.807, 2.05) is 0 Å².